The van der Waals surface area contributed by atoms with Gasteiger partial charge in [0.15, 0.2) is 5.78 Å². The molecule has 0 unspecified atom stereocenters. The standard InChI is InChI=1S/C22H26BrNO5/c1-4-28-10-11-29-22(26)19-13(2)24-16-6-5-7-17(25)21(16)20(19)14-8-9-18(27-3)15(23)12-14/h8-9,12,20,24H,4-7,10-11H2,1-3H3/t20-/m0/s1. The number of hydrogen-bond acceptors (Lipinski definition) is 6. The van der Waals surface area contributed by atoms with E-state index >= 15 is 0 Å². The van der Waals surface area contributed by atoms with Crippen molar-refractivity contribution >= 4 is 27.7 Å². The third kappa shape index (κ3) is 4.56. The van der Waals surface area contributed by atoms with Gasteiger partial charge in [-0.1, -0.05) is 6.07 Å². The van der Waals surface area contributed by atoms with Crippen molar-refractivity contribution in [2.24, 2.45) is 0 Å². The summed E-state index contributed by atoms with van der Waals surface area (Å²) in [5.41, 5.74) is 3.60. The van der Waals surface area contributed by atoms with Gasteiger partial charge in [-0.15, -0.1) is 0 Å². The zero-order chi connectivity index (χ0) is 21.0. The van der Waals surface area contributed by atoms with Crippen molar-refractivity contribution in [3.8, 4) is 5.75 Å². The summed E-state index contributed by atoms with van der Waals surface area (Å²) in [6.07, 6.45) is 2.09. The topological polar surface area (TPSA) is 73.9 Å². The Morgan fingerprint density at radius 3 is 2.76 bits per heavy atom. The predicted octanol–water partition coefficient (Wildman–Crippen LogP) is 4.01. The van der Waals surface area contributed by atoms with E-state index in [1.807, 2.05) is 32.0 Å². The summed E-state index contributed by atoms with van der Waals surface area (Å²) in [7, 11) is 1.60. The molecular formula is C22H26BrNO5. The molecule has 0 saturated carbocycles. The minimum atomic E-state index is -0.471. The summed E-state index contributed by atoms with van der Waals surface area (Å²) < 4.78 is 16.8. The molecule has 1 aromatic rings. The normalized spacial score (nSPS) is 19.0. The zero-order valence-corrected chi connectivity index (χ0v) is 18.6. The molecule has 156 valence electrons. The monoisotopic (exact) mass is 463 g/mol. The van der Waals surface area contributed by atoms with Gasteiger partial charge in [0.1, 0.15) is 12.4 Å². The number of allylic oxidation sites excluding steroid dienone is 3. The molecule has 3 rings (SSSR count). The second kappa shape index (κ2) is 9.59. The third-order valence-electron chi connectivity index (χ3n) is 5.17. The summed E-state index contributed by atoms with van der Waals surface area (Å²) >= 11 is 3.52. The minimum Gasteiger partial charge on any atom is -0.496 e. The van der Waals surface area contributed by atoms with Gasteiger partial charge < -0.3 is 19.5 Å². The fourth-order valence-electron chi connectivity index (χ4n) is 3.86. The molecule has 6 nitrogen and oxygen atoms in total. The first kappa shape index (κ1) is 21.6. The van der Waals surface area contributed by atoms with Crippen molar-refractivity contribution in [1.29, 1.82) is 0 Å². The molecule has 1 aromatic carbocycles. The van der Waals surface area contributed by atoms with Crippen LogP contribution in [0, 0.1) is 0 Å². The molecule has 0 radical (unpaired) electrons. The lowest BCUT2D eigenvalue weighted by molar-refractivity contribution is -0.140. The number of dihydropyridines is 1. The summed E-state index contributed by atoms with van der Waals surface area (Å²) in [6.45, 7) is 4.82. The molecule has 29 heavy (non-hydrogen) atoms. The lowest BCUT2D eigenvalue weighted by atomic mass is 9.75. The Morgan fingerprint density at radius 2 is 2.07 bits per heavy atom. The van der Waals surface area contributed by atoms with Crippen LogP contribution in [0.3, 0.4) is 0 Å². The van der Waals surface area contributed by atoms with Crippen molar-refractivity contribution in [2.75, 3.05) is 26.9 Å². The second-order valence-electron chi connectivity index (χ2n) is 6.99. The number of esters is 1. The van der Waals surface area contributed by atoms with Gasteiger partial charge in [-0.3, -0.25) is 4.79 Å². The maximum atomic E-state index is 13.0. The first-order valence-electron chi connectivity index (χ1n) is 9.80. The lowest BCUT2D eigenvalue weighted by Crippen LogP contribution is -2.34. The number of ketones is 1. The van der Waals surface area contributed by atoms with E-state index in [9.17, 15) is 9.59 Å². The van der Waals surface area contributed by atoms with Crippen LogP contribution in [0.2, 0.25) is 0 Å². The molecule has 0 bridgehead atoms. The van der Waals surface area contributed by atoms with E-state index in [0.29, 0.717) is 36.5 Å². The minimum absolute atomic E-state index is 0.0720. The Balaban J connectivity index is 2.02. The molecular weight excluding hydrogens is 438 g/mol. The van der Waals surface area contributed by atoms with E-state index in [2.05, 4.69) is 21.2 Å². The van der Waals surface area contributed by atoms with Gasteiger partial charge in [-0.2, -0.15) is 0 Å². The van der Waals surface area contributed by atoms with Crippen LogP contribution in [0.4, 0.5) is 0 Å². The number of halogens is 1. The van der Waals surface area contributed by atoms with Crippen molar-refractivity contribution in [1.82, 2.24) is 5.32 Å². The highest BCUT2D eigenvalue weighted by atomic mass is 79.9. The van der Waals surface area contributed by atoms with Crippen LogP contribution >= 0.6 is 15.9 Å². The van der Waals surface area contributed by atoms with Crippen LogP contribution in [0.5, 0.6) is 5.75 Å². The summed E-state index contributed by atoms with van der Waals surface area (Å²) in [5, 5.41) is 3.29. The molecule has 0 amide bonds. The number of methoxy groups -OCH3 is 1. The zero-order valence-electron chi connectivity index (χ0n) is 17.0. The van der Waals surface area contributed by atoms with Crippen LogP contribution < -0.4 is 10.1 Å². The van der Waals surface area contributed by atoms with Crippen molar-refractivity contribution in [2.45, 2.75) is 39.0 Å². The average Bonchev–Trinajstić information content (AvgIpc) is 2.70. The van der Waals surface area contributed by atoms with Crippen LogP contribution in [0.15, 0.2) is 45.2 Å². The first-order valence-corrected chi connectivity index (χ1v) is 10.6. The van der Waals surface area contributed by atoms with Crippen molar-refractivity contribution < 1.29 is 23.8 Å². The fraction of sp³-hybridized carbons (Fsp3) is 0.455. The second-order valence-corrected chi connectivity index (χ2v) is 7.85. The predicted molar refractivity (Wildman–Crippen MR) is 113 cm³/mol. The van der Waals surface area contributed by atoms with Crippen LogP contribution in [-0.4, -0.2) is 38.7 Å². The highest BCUT2D eigenvalue weighted by molar-refractivity contribution is 9.10. The van der Waals surface area contributed by atoms with E-state index in [4.69, 9.17) is 14.2 Å². The third-order valence-corrected chi connectivity index (χ3v) is 5.79. The van der Waals surface area contributed by atoms with Gasteiger partial charge in [0.05, 0.1) is 23.8 Å². The maximum Gasteiger partial charge on any atom is 0.336 e. The molecule has 1 N–H and O–H groups in total. The molecule has 0 fully saturated rings. The smallest absolute Gasteiger partial charge is 0.336 e. The number of rotatable bonds is 7. The summed E-state index contributed by atoms with van der Waals surface area (Å²) in [6, 6.07) is 5.64. The van der Waals surface area contributed by atoms with E-state index < -0.39 is 11.9 Å². The number of carbonyl (C=O) groups excluding carboxylic acids is 2. The molecule has 1 heterocycles. The SMILES string of the molecule is CCOCCOC(=O)C1=C(C)NC2=C(C(=O)CCC2)[C@H]1c1ccc(OC)c(Br)c1. The molecule has 2 aliphatic rings. The molecule has 1 aliphatic carbocycles. The molecule has 0 aromatic heterocycles. The van der Waals surface area contributed by atoms with E-state index in [1.165, 1.54) is 0 Å². The maximum absolute atomic E-state index is 13.0. The Labute approximate surface area is 179 Å². The molecule has 1 atom stereocenters. The van der Waals surface area contributed by atoms with Gasteiger partial charge >= 0.3 is 5.97 Å². The molecule has 0 saturated heterocycles. The van der Waals surface area contributed by atoms with E-state index in [1.54, 1.807) is 7.11 Å². The Morgan fingerprint density at radius 1 is 1.28 bits per heavy atom. The van der Waals surface area contributed by atoms with Crippen LogP contribution in [0.25, 0.3) is 0 Å². The van der Waals surface area contributed by atoms with Crippen molar-refractivity contribution in [3.05, 3.63) is 50.8 Å². The van der Waals surface area contributed by atoms with E-state index in [0.717, 1.165) is 34.3 Å². The lowest BCUT2D eigenvalue weighted by Gasteiger charge is -2.34. The fourth-order valence-corrected chi connectivity index (χ4v) is 4.42. The van der Waals surface area contributed by atoms with Gasteiger partial charge in [0, 0.05) is 35.9 Å². The Kier molecular flexibility index (Phi) is 7.14. The van der Waals surface area contributed by atoms with Crippen molar-refractivity contribution in [3.63, 3.8) is 0 Å². The first-order chi connectivity index (χ1) is 14.0. The molecule has 1 aliphatic heterocycles. The largest absolute Gasteiger partial charge is 0.496 e. The Hall–Kier alpha value is -2.12. The van der Waals surface area contributed by atoms with Gasteiger partial charge in [-0.05, 0) is 60.3 Å². The summed E-state index contributed by atoms with van der Waals surface area (Å²) in [4.78, 5) is 25.9. The van der Waals surface area contributed by atoms with Gasteiger partial charge in [0.25, 0.3) is 0 Å². The van der Waals surface area contributed by atoms with E-state index in [-0.39, 0.29) is 12.4 Å². The van der Waals surface area contributed by atoms with Crippen LogP contribution in [0.1, 0.15) is 44.6 Å². The van der Waals surface area contributed by atoms with Gasteiger partial charge in [0.2, 0.25) is 0 Å². The quantitative estimate of drug-likeness (QED) is 0.486. The number of ether oxygens (including phenoxy) is 3. The summed E-state index contributed by atoms with van der Waals surface area (Å²) in [5.74, 6) is -0.145. The number of hydrogen-bond donors (Lipinski definition) is 1. The number of nitrogens with one attached hydrogen (secondary N) is 1. The van der Waals surface area contributed by atoms with Gasteiger partial charge in [-0.25, -0.2) is 4.79 Å². The average molecular weight is 464 g/mol. The number of Topliss-reactive ketones (excluding diaryl/α,β-unsaturated/α-hetero) is 1. The highest BCUT2D eigenvalue weighted by Crippen LogP contribution is 2.43. The molecule has 7 heteroatoms. The number of carbonyl (C=O) groups is 2. The highest BCUT2D eigenvalue weighted by Gasteiger charge is 2.39. The molecule has 0 spiro atoms. The Bertz CT molecular complexity index is 874. The van der Waals surface area contributed by atoms with Crippen LogP contribution in [-0.2, 0) is 19.1 Å². The number of benzene rings is 1.